The summed E-state index contributed by atoms with van der Waals surface area (Å²) in [6.45, 7) is 3.71. The second-order valence-corrected chi connectivity index (χ2v) is 4.26. The standard InChI is InChI=1S/C15H17NO/c1-12-4-2-5-13(8-12)10-16-11-14-6-3-7-15(17)9-14/h2-9,16-17H,10-11H2,1H3. The molecular formula is C15H17NO. The summed E-state index contributed by atoms with van der Waals surface area (Å²) in [5.41, 5.74) is 3.66. The summed E-state index contributed by atoms with van der Waals surface area (Å²) in [4.78, 5) is 0. The number of benzene rings is 2. The molecule has 2 heteroatoms. The molecule has 17 heavy (non-hydrogen) atoms. The van der Waals surface area contributed by atoms with Gasteiger partial charge in [0.1, 0.15) is 5.75 Å². The van der Waals surface area contributed by atoms with Crippen LogP contribution in [0.1, 0.15) is 16.7 Å². The maximum atomic E-state index is 9.34. The monoisotopic (exact) mass is 227 g/mol. The molecule has 0 aliphatic rings. The first-order valence-corrected chi connectivity index (χ1v) is 5.78. The molecule has 0 aliphatic carbocycles. The van der Waals surface area contributed by atoms with Crippen molar-refractivity contribution in [2.75, 3.05) is 0 Å². The van der Waals surface area contributed by atoms with Gasteiger partial charge in [0.25, 0.3) is 0 Å². The van der Waals surface area contributed by atoms with Crippen molar-refractivity contribution in [3.8, 4) is 5.75 Å². The quantitative estimate of drug-likeness (QED) is 0.841. The number of phenols is 1. The molecule has 0 radical (unpaired) electrons. The molecule has 2 aromatic carbocycles. The van der Waals surface area contributed by atoms with Crippen LogP contribution >= 0.6 is 0 Å². The number of phenolic OH excluding ortho intramolecular Hbond substituents is 1. The zero-order valence-electron chi connectivity index (χ0n) is 9.98. The molecule has 2 rings (SSSR count). The molecule has 0 atom stereocenters. The highest BCUT2D eigenvalue weighted by atomic mass is 16.3. The van der Waals surface area contributed by atoms with E-state index in [0.717, 1.165) is 18.7 Å². The van der Waals surface area contributed by atoms with Gasteiger partial charge in [-0.05, 0) is 30.2 Å². The van der Waals surface area contributed by atoms with Gasteiger partial charge in [0.05, 0.1) is 0 Å². The van der Waals surface area contributed by atoms with Crippen LogP contribution in [-0.2, 0) is 13.1 Å². The minimum Gasteiger partial charge on any atom is -0.508 e. The van der Waals surface area contributed by atoms with Gasteiger partial charge in [0.15, 0.2) is 0 Å². The van der Waals surface area contributed by atoms with Crippen LogP contribution in [-0.4, -0.2) is 5.11 Å². The summed E-state index contributed by atoms with van der Waals surface area (Å²) < 4.78 is 0. The van der Waals surface area contributed by atoms with E-state index in [2.05, 4.69) is 36.5 Å². The highest BCUT2D eigenvalue weighted by Gasteiger charge is 1.96. The molecule has 0 spiro atoms. The average molecular weight is 227 g/mol. The molecule has 0 aromatic heterocycles. The van der Waals surface area contributed by atoms with E-state index in [9.17, 15) is 5.11 Å². The average Bonchev–Trinajstić information content (AvgIpc) is 2.29. The van der Waals surface area contributed by atoms with Gasteiger partial charge >= 0.3 is 0 Å². The number of aryl methyl sites for hydroxylation is 1. The van der Waals surface area contributed by atoms with Gasteiger partial charge in [-0.2, -0.15) is 0 Å². The van der Waals surface area contributed by atoms with Gasteiger partial charge in [-0.3, -0.25) is 0 Å². The van der Waals surface area contributed by atoms with Crippen molar-refractivity contribution in [3.05, 3.63) is 65.2 Å². The fourth-order valence-electron chi connectivity index (χ4n) is 1.84. The molecule has 0 unspecified atom stereocenters. The predicted octanol–water partition coefficient (Wildman–Crippen LogP) is 2.99. The number of nitrogens with one attached hydrogen (secondary N) is 1. The molecule has 0 bridgehead atoms. The highest BCUT2D eigenvalue weighted by molar-refractivity contribution is 5.27. The van der Waals surface area contributed by atoms with E-state index in [0.29, 0.717) is 5.75 Å². The van der Waals surface area contributed by atoms with Crippen molar-refractivity contribution < 1.29 is 5.11 Å². The second kappa shape index (κ2) is 5.51. The molecule has 0 saturated carbocycles. The third kappa shape index (κ3) is 3.61. The molecular weight excluding hydrogens is 210 g/mol. The lowest BCUT2D eigenvalue weighted by molar-refractivity contribution is 0.474. The molecule has 88 valence electrons. The molecule has 2 nitrogen and oxygen atoms in total. The molecule has 0 heterocycles. The number of hydrogen-bond acceptors (Lipinski definition) is 2. The van der Waals surface area contributed by atoms with Gasteiger partial charge < -0.3 is 10.4 Å². The van der Waals surface area contributed by atoms with Crippen molar-refractivity contribution in [2.24, 2.45) is 0 Å². The molecule has 0 amide bonds. The normalized spacial score (nSPS) is 10.4. The Morgan fingerprint density at radius 2 is 1.59 bits per heavy atom. The largest absolute Gasteiger partial charge is 0.508 e. The van der Waals surface area contributed by atoms with Gasteiger partial charge in [0.2, 0.25) is 0 Å². The number of aromatic hydroxyl groups is 1. The summed E-state index contributed by atoms with van der Waals surface area (Å²) in [5.74, 6) is 0.319. The Balaban J connectivity index is 1.87. The number of hydrogen-bond donors (Lipinski definition) is 2. The Hall–Kier alpha value is -1.80. The zero-order valence-corrected chi connectivity index (χ0v) is 9.98. The SMILES string of the molecule is Cc1cccc(CNCc2cccc(O)c2)c1. The van der Waals surface area contributed by atoms with Gasteiger partial charge in [0, 0.05) is 13.1 Å². The van der Waals surface area contributed by atoms with E-state index in [4.69, 9.17) is 0 Å². The van der Waals surface area contributed by atoms with Gasteiger partial charge in [-0.1, -0.05) is 42.0 Å². The molecule has 0 aliphatic heterocycles. The Kier molecular flexibility index (Phi) is 3.78. The zero-order chi connectivity index (χ0) is 12.1. The Morgan fingerprint density at radius 3 is 2.24 bits per heavy atom. The fraction of sp³-hybridized carbons (Fsp3) is 0.200. The predicted molar refractivity (Wildman–Crippen MR) is 69.8 cm³/mol. The van der Waals surface area contributed by atoms with Crippen LogP contribution in [0.5, 0.6) is 5.75 Å². The van der Waals surface area contributed by atoms with Crippen molar-refractivity contribution in [1.29, 1.82) is 0 Å². The van der Waals surface area contributed by atoms with Crippen LogP contribution < -0.4 is 5.32 Å². The third-order valence-corrected chi connectivity index (χ3v) is 2.65. The van der Waals surface area contributed by atoms with Crippen LogP contribution in [0.15, 0.2) is 48.5 Å². The molecule has 0 fully saturated rings. The van der Waals surface area contributed by atoms with Crippen molar-refractivity contribution in [2.45, 2.75) is 20.0 Å². The summed E-state index contributed by atoms with van der Waals surface area (Å²) in [6.07, 6.45) is 0. The van der Waals surface area contributed by atoms with E-state index in [1.54, 1.807) is 12.1 Å². The fourth-order valence-corrected chi connectivity index (χ4v) is 1.84. The minimum absolute atomic E-state index is 0.319. The smallest absolute Gasteiger partial charge is 0.115 e. The van der Waals surface area contributed by atoms with Crippen LogP contribution in [0.4, 0.5) is 0 Å². The Labute approximate surface area is 102 Å². The van der Waals surface area contributed by atoms with E-state index in [1.807, 2.05) is 12.1 Å². The van der Waals surface area contributed by atoms with Gasteiger partial charge in [-0.25, -0.2) is 0 Å². The topological polar surface area (TPSA) is 32.3 Å². The lowest BCUT2D eigenvalue weighted by atomic mass is 10.1. The van der Waals surface area contributed by atoms with Crippen LogP contribution in [0.3, 0.4) is 0 Å². The van der Waals surface area contributed by atoms with E-state index < -0.39 is 0 Å². The number of rotatable bonds is 4. The van der Waals surface area contributed by atoms with Crippen molar-refractivity contribution in [1.82, 2.24) is 5.32 Å². The second-order valence-electron chi connectivity index (χ2n) is 4.26. The van der Waals surface area contributed by atoms with E-state index in [1.165, 1.54) is 11.1 Å². The first-order valence-electron chi connectivity index (χ1n) is 5.78. The highest BCUT2D eigenvalue weighted by Crippen LogP contribution is 2.10. The van der Waals surface area contributed by atoms with Crippen molar-refractivity contribution in [3.63, 3.8) is 0 Å². The third-order valence-electron chi connectivity index (χ3n) is 2.65. The van der Waals surface area contributed by atoms with E-state index in [-0.39, 0.29) is 0 Å². The minimum atomic E-state index is 0.319. The lowest BCUT2D eigenvalue weighted by Crippen LogP contribution is -2.12. The first kappa shape index (κ1) is 11.7. The summed E-state index contributed by atoms with van der Waals surface area (Å²) in [7, 11) is 0. The summed E-state index contributed by atoms with van der Waals surface area (Å²) >= 11 is 0. The van der Waals surface area contributed by atoms with Gasteiger partial charge in [-0.15, -0.1) is 0 Å². The summed E-state index contributed by atoms with van der Waals surface area (Å²) in [5, 5.41) is 12.7. The molecule has 2 aromatic rings. The maximum Gasteiger partial charge on any atom is 0.115 e. The van der Waals surface area contributed by atoms with E-state index >= 15 is 0 Å². The molecule has 0 saturated heterocycles. The summed E-state index contributed by atoms with van der Waals surface area (Å²) in [6, 6.07) is 15.8. The lowest BCUT2D eigenvalue weighted by Gasteiger charge is -2.06. The maximum absolute atomic E-state index is 9.34. The Bertz CT molecular complexity index is 448. The van der Waals surface area contributed by atoms with Crippen LogP contribution in [0, 0.1) is 6.92 Å². The molecule has 2 N–H and O–H groups in total. The first-order chi connectivity index (χ1) is 8.24. The van der Waals surface area contributed by atoms with Crippen LogP contribution in [0.2, 0.25) is 0 Å². The van der Waals surface area contributed by atoms with Crippen LogP contribution in [0.25, 0.3) is 0 Å². The Morgan fingerprint density at radius 1 is 0.941 bits per heavy atom. The van der Waals surface area contributed by atoms with Crippen molar-refractivity contribution >= 4 is 0 Å².